The molecule has 61 heavy (non-hydrogen) atoms. The largest absolute Gasteiger partial charge is 0.507 e. The van der Waals surface area contributed by atoms with E-state index in [1.807, 2.05) is 48.3 Å². The number of phenolic OH excluding ortho intramolecular Hbond substituents is 1. The van der Waals surface area contributed by atoms with E-state index in [2.05, 4.69) is 61.4 Å². The van der Waals surface area contributed by atoms with Crippen molar-refractivity contribution in [2.75, 3.05) is 62.7 Å². The van der Waals surface area contributed by atoms with E-state index in [0.717, 1.165) is 93.3 Å². The van der Waals surface area contributed by atoms with Gasteiger partial charge in [-0.15, -0.1) is 0 Å². The number of likely N-dealkylation sites (N-methyl/N-ethyl adjacent to an activating group) is 1. The smallest absolute Gasteiger partial charge is 0.235 e. The third-order valence-corrected chi connectivity index (χ3v) is 14.4. The summed E-state index contributed by atoms with van der Waals surface area (Å²) in [5.41, 5.74) is 4.05. The number of hydrogen-bond donors (Lipinski definition) is 2. The average Bonchev–Trinajstić information content (AvgIpc) is 3.96. The summed E-state index contributed by atoms with van der Waals surface area (Å²) in [5.74, 6) is 0.548. The average molecular weight is 831 g/mol. The molecule has 9 rings (SSSR count). The quantitative estimate of drug-likeness (QED) is 0.197. The second-order valence-corrected chi connectivity index (χ2v) is 18.3. The minimum absolute atomic E-state index is 0.109. The van der Waals surface area contributed by atoms with Crippen LogP contribution in [0.15, 0.2) is 71.4 Å². The molecule has 14 nitrogen and oxygen atoms in total. The van der Waals surface area contributed by atoms with Gasteiger partial charge in [-0.2, -0.15) is 10.2 Å². The molecule has 322 valence electrons. The number of piperidine rings is 4. The number of phenols is 1. The van der Waals surface area contributed by atoms with Gasteiger partial charge in [0.2, 0.25) is 17.7 Å². The van der Waals surface area contributed by atoms with Gasteiger partial charge in [0.15, 0.2) is 0 Å². The number of imide groups is 1. The van der Waals surface area contributed by atoms with Crippen LogP contribution >= 0.6 is 0 Å². The van der Waals surface area contributed by atoms with E-state index in [1.54, 1.807) is 18.3 Å². The summed E-state index contributed by atoms with van der Waals surface area (Å²) in [6.07, 6.45) is 8.64. The maximum absolute atomic E-state index is 14.9. The first-order valence-electron chi connectivity index (χ1n) is 22.2. The Labute approximate surface area is 357 Å². The molecule has 2 N–H and O–H groups in total. The Kier molecular flexibility index (Phi) is 11.3. The number of para-hydroxylation sites is 1. The number of hydrogen-bond acceptors (Lipinski definition) is 12. The lowest BCUT2D eigenvalue weighted by Crippen LogP contribution is -2.56. The molecule has 0 unspecified atom stereocenters. The predicted octanol–water partition coefficient (Wildman–Crippen LogP) is 5.77. The molecule has 5 saturated heterocycles. The van der Waals surface area contributed by atoms with E-state index in [-0.39, 0.29) is 46.9 Å². The molecular weight excluding hydrogens is 773 g/mol. The summed E-state index contributed by atoms with van der Waals surface area (Å²) >= 11 is 0. The third kappa shape index (κ3) is 8.12. The lowest BCUT2D eigenvalue weighted by Gasteiger charge is -2.45. The van der Waals surface area contributed by atoms with Crippen molar-refractivity contribution in [2.24, 2.45) is 0 Å². The molecule has 3 amide bonds. The Morgan fingerprint density at radius 2 is 1.61 bits per heavy atom. The number of anilines is 2. The second-order valence-electron chi connectivity index (χ2n) is 18.3. The van der Waals surface area contributed by atoms with Crippen molar-refractivity contribution in [3.8, 4) is 17.0 Å². The van der Waals surface area contributed by atoms with Crippen LogP contribution in [0, 0.1) is 0 Å². The zero-order valence-corrected chi connectivity index (χ0v) is 35.6. The van der Waals surface area contributed by atoms with Crippen LogP contribution in [0.2, 0.25) is 0 Å². The molecule has 5 aliphatic heterocycles. The number of likely N-dealkylation sites (tertiary alicyclic amines) is 1. The number of aromatic nitrogens is 3. The highest BCUT2D eigenvalue weighted by atomic mass is 16.5. The molecular formula is C47H58N8O6. The van der Waals surface area contributed by atoms with Gasteiger partial charge >= 0.3 is 0 Å². The summed E-state index contributed by atoms with van der Waals surface area (Å²) in [6.45, 7) is 9.84. The summed E-state index contributed by atoms with van der Waals surface area (Å²) < 4.78 is 12.5. The van der Waals surface area contributed by atoms with E-state index in [4.69, 9.17) is 9.26 Å². The van der Waals surface area contributed by atoms with Crippen molar-refractivity contribution in [3.63, 3.8) is 0 Å². The zero-order valence-electron chi connectivity index (χ0n) is 35.6. The van der Waals surface area contributed by atoms with Crippen LogP contribution in [0.4, 0.5) is 11.4 Å². The van der Waals surface area contributed by atoms with Crippen LogP contribution in [0.5, 0.6) is 5.75 Å². The molecule has 2 aromatic carbocycles. The van der Waals surface area contributed by atoms with Gasteiger partial charge in [0.05, 0.1) is 46.8 Å². The molecule has 0 aliphatic carbocycles. The number of benzene rings is 2. The van der Waals surface area contributed by atoms with Crippen molar-refractivity contribution >= 4 is 29.1 Å². The number of ether oxygens (including phenoxy) is 1. The van der Waals surface area contributed by atoms with Crippen molar-refractivity contribution < 1.29 is 28.8 Å². The van der Waals surface area contributed by atoms with Gasteiger partial charge in [0, 0.05) is 88.1 Å². The molecule has 0 saturated carbocycles. The van der Waals surface area contributed by atoms with E-state index >= 15 is 0 Å². The Balaban J connectivity index is 0.804. The topological polar surface area (TPSA) is 157 Å². The number of aromatic hydroxyl groups is 1. The van der Waals surface area contributed by atoms with Gasteiger partial charge < -0.3 is 29.1 Å². The molecule has 14 heteroatoms. The first kappa shape index (κ1) is 41.0. The summed E-state index contributed by atoms with van der Waals surface area (Å²) in [5, 5.41) is 26.1. The van der Waals surface area contributed by atoms with Crippen LogP contribution in [-0.2, 0) is 24.5 Å². The van der Waals surface area contributed by atoms with Crippen LogP contribution in [0.25, 0.3) is 11.3 Å². The molecule has 2 atom stereocenters. The standard InChI is InChI=1S/C47H58N8O6/c1-31(2)41-27-42(51-61-41)47(18-24-55(25-19-47)35-26-39(50-48-29-35)38-6-4-5-7-40(38)56)45(59)52(3)33-14-20-53(21-15-33)36-28-46(60-30-36)16-22-54(23-17-46)34-10-8-32(9-11-34)37-12-13-43(57)49-44(37)58/h4-11,26-27,29,31,33,36-37,56H,12-25,28,30H2,1-3H3,(H,49,57,58)/t36-,37-/m1/s1. The zero-order chi connectivity index (χ0) is 42.3. The number of amides is 3. The molecule has 0 bridgehead atoms. The number of carbonyl (C=O) groups excluding carboxylic acids is 3. The Hall–Kier alpha value is -5.34. The summed E-state index contributed by atoms with van der Waals surface area (Å²) in [4.78, 5) is 48.2. The SMILES string of the molecule is CC(C)c1cc(C2(C(=O)N(C)C3CCN([C@H]4COC5(CCN(c6ccc([C@H]7CCC(=O)NC7=O)cc6)CC5)C4)CC3)CCN(c3cnnc(-c4ccccc4O)c3)CC2)no1. The normalized spacial score (nSPS) is 23.4. The lowest BCUT2D eigenvalue weighted by molar-refractivity contribution is -0.140. The fourth-order valence-electron chi connectivity index (χ4n) is 10.5. The van der Waals surface area contributed by atoms with Gasteiger partial charge in [-0.05, 0) is 87.3 Å². The van der Waals surface area contributed by atoms with Crippen molar-refractivity contribution in [3.05, 3.63) is 83.9 Å². The van der Waals surface area contributed by atoms with E-state index in [9.17, 15) is 19.5 Å². The molecule has 7 heterocycles. The summed E-state index contributed by atoms with van der Waals surface area (Å²) in [7, 11) is 1.98. The molecule has 5 aliphatic rings. The number of rotatable bonds is 9. The first-order valence-corrected chi connectivity index (χ1v) is 22.2. The monoisotopic (exact) mass is 830 g/mol. The van der Waals surface area contributed by atoms with Crippen LogP contribution in [0.3, 0.4) is 0 Å². The van der Waals surface area contributed by atoms with E-state index < -0.39 is 5.41 Å². The second kappa shape index (κ2) is 16.8. The van der Waals surface area contributed by atoms with Crippen LogP contribution in [-0.4, -0.2) is 119 Å². The van der Waals surface area contributed by atoms with Gasteiger partial charge in [0.25, 0.3) is 0 Å². The molecule has 1 spiro atoms. The Morgan fingerprint density at radius 1 is 0.902 bits per heavy atom. The number of nitrogens with zero attached hydrogens (tertiary/aromatic N) is 7. The highest BCUT2D eigenvalue weighted by Crippen LogP contribution is 2.42. The highest BCUT2D eigenvalue weighted by molar-refractivity contribution is 6.01. The van der Waals surface area contributed by atoms with E-state index in [1.165, 1.54) is 0 Å². The van der Waals surface area contributed by atoms with Crippen LogP contribution < -0.4 is 15.1 Å². The first-order chi connectivity index (χ1) is 29.5. The minimum atomic E-state index is -0.809. The van der Waals surface area contributed by atoms with Gasteiger partial charge in [-0.3, -0.25) is 24.6 Å². The molecule has 5 fully saturated rings. The lowest BCUT2D eigenvalue weighted by atomic mass is 9.73. The van der Waals surface area contributed by atoms with Gasteiger partial charge in [-0.25, -0.2) is 0 Å². The molecule has 4 aromatic rings. The van der Waals surface area contributed by atoms with Gasteiger partial charge in [-0.1, -0.05) is 43.3 Å². The number of nitrogens with one attached hydrogen (secondary N) is 1. The van der Waals surface area contributed by atoms with Crippen molar-refractivity contribution in [1.29, 1.82) is 0 Å². The van der Waals surface area contributed by atoms with Crippen molar-refractivity contribution in [2.45, 2.75) is 107 Å². The van der Waals surface area contributed by atoms with Crippen molar-refractivity contribution in [1.82, 2.24) is 30.5 Å². The summed E-state index contributed by atoms with van der Waals surface area (Å²) in [6, 6.07) is 19.9. The predicted molar refractivity (Wildman–Crippen MR) is 230 cm³/mol. The number of carbonyl (C=O) groups is 3. The fraction of sp³-hybridized carbons (Fsp3) is 0.532. The Morgan fingerprint density at radius 3 is 2.30 bits per heavy atom. The van der Waals surface area contributed by atoms with Crippen LogP contribution in [0.1, 0.15) is 100 Å². The fourth-order valence-corrected chi connectivity index (χ4v) is 10.5. The highest BCUT2D eigenvalue weighted by Gasteiger charge is 2.49. The molecule has 2 aromatic heterocycles. The maximum atomic E-state index is 14.9. The minimum Gasteiger partial charge on any atom is -0.507 e. The molecule has 0 radical (unpaired) electrons. The van der Waals surface area contributed by atoms with E-state index in [0.29, 0.717) is 56.1 Å². The maximum Gasteiger partial charge on any atom is 0.235 e. The van der Waals surface area contributed by atoms with Gasteiger partial charge in [0.1, 0.15) is 11.5 Å². The Bertz CT molecular complexity index is 2220. The third-order valence-electron chi connectivity index (χ3n) is 14.4.